The Bertz CT molecular complexity index is 213. The van der Waals surface area contributed by atoms with Gasteiger partial charge >= 0.3 is 0 Å². The Hall–Kier alpha value is -1.09. The van der Waals surface area contributed by atoms with Gasteiger partial charge in [-0.3, -0.25) is 0 Å². The lowest BCUT2D eigenvalue weighted by molar-refractivity contribution is 0.183. The highest BCUT2D eigenvalue weighted by molar-refractivity contribution is 5.32. The van der Waals surface area contributed by atoms with Gasteiger partial charge < -0.3 is 10.4 Å². The van der Waals surface area contributed by atoms with E-state index in [-0.39, 0.29) is 6.10 Å². The molecule has 0 fully saturated rings. The molecule has 1 aromatic heterocycles. The summed E-state index contributed by atoms with van der Waals surface area (Å²) in [6.07, 6.45) is 2.20. The quantitative estimate of drug-likeness (QED) is 0.708. The van der Waals surface area contributed by atoms with Crippen LogP contribution in [0.5, 0.6) is 0 Å². The SMILES string of the molecule is CCC(O)CNc1ccccn1. The molecule has 2 N–H and O–H groups in total. The number of aliphatic hydroxyl groups is 1. The Morgan fingerprint density at radius 3 is 3.00 bits per heavy atom. The second-order valence-electron chi connectivity index (χ2n) is 2.66. The topological polar surface area (TPSA) is 45.1 Å². The van der Waals surface area contributed by atoms with E-state index in [1.165, 1.54) is 0 Å². The van der Waals surface area contributed by atoms with Crippen molar-refractivity contribution in [3.8, 4) is 0 Å². The van der Waals surface area contributed by atoms with Crippen LogP contribution in [0.2, 0.25) is 0 Å². The third kappa shape index (κ3) is 2.88. The van der Waals surface area contributed by atoms with E-state index in [2.05, 4.69) is 10.3 Å². The Morgan fingerprint density at radius 2 is 2.42 bits per heavy atom. The summed E-state index contributed by atoms with van der Waals surface area (Å²) < 4.78 is 0. The number of pyridine rings is 1. The number of hydrogen-bond donors (Lipinski definition) is 2. The maximum atomic E-state index is 9.23. The maximum absolute atomic E-state index is 9.23. The van der Waals surface area contributed by atoms with Crippen LogP contribution in [0, 0.1) is 0 Å². The van der Waals surface area contributed by atoms with E-state index in [9.17, 15) is 5.11 Å². The lowest BCUT2D eigenvalue weighted by atomic mass is 10.3. The molecule has 0 aliphatic rings. The summed E-state index contributed by atoms with van der Waals surface area (Å²) in [5.41, 5.74) is 0. The van der Waals surface area contributed by atoms with Crippen molar-refractivity contribution in [1.82, 2.24) is 4.98 Å². The molecule has 66 valence electrons. The van der Waals surface area contributed by atoms with Crippen LogP contribution in [0.1, 0.15) is 13.3 Å². The minimum atomic E-state index is -0.285. The normalized spacial score (nSPS) is 12.5. The number of anilines is 1. The van der Waals surface area contributed by atoms with Gasteiger partial charge in [-0.2, -0.15) is 0 Å². The smallest absolute Gasteiger partial charge is 0.125 e. The molecule has 3 heteroatoms. The van der Waals surface area contributed by atoms with Gasteiger partial charge in [0, 0.05) is 12.7 Å². The molecular weight excluding hydrogens is 152 g/mol. The number of rotatable bonds is 4. The van der Waals surface area contributed by atoms with Crippen molar-refractivity contribution < 1.29 is 5.11 Å². The van der Waals surface area contributed by atoms with Crippen LogP contribution < -0.4 is 5.32 Å². The van der Waals surface area contributed by atoms with Gasteiger partial charge in [0.05, 0.1) is 6.10 Å². The van der Waals surface area contributed by atoms with E-state index in [1.54, 1.807) is 6.20 Å². The van der Waals surface area contributed by atoms with Crippen molar-refractivity contribution in [2.24, 2.45) is 0 Å². The molecule has 1 atom stereocenters. The van der Waals surface area contributed by atoms with E-state index in [0.717, 1.165) is 12.2 Å². The molecule has 0 radical (unpaired) electrons. The molecular formula is C9H14N2O. The summed E-state index contributed by atoms with van der Waals surface area (Å²) in [5.74, 6) is 0.810. The van der Waals surface area contributed by atoms with Crippen molar-refractivity contribution in [2.75, 3.05) is 11.9 Å². The van der Waals surface area contributed by atoms with Crippen LogP contribution in [-0.2, 0) is 0 Å². The van der Waals surface area contributed by atoms with Gasteiger partial charge in [-0.1, -0.05) is 13.0 Å². The predicted octanol–water partition coefficient (Wildman–Crippen LogP) is 1.26. The molecule has 0 aromatic carbocycles. The van der Waals surface area contributed by atoms with E-state index in [0.29, 0.717) is 6.54 Å². The summed E-state index contributed by atoms with van der Waals surface area (Å²) in [4.78, 5) is 4.06. The number of aliphatic hydroxyl groups excluding tert-OH is 1. The first-order chi connectivity index (χ1) is 5.83. The Balaban J connectivity index is 2.33. The second kappa shape index (κ2) is 4.72. The first kappa shape index (κ1) is 9.00. The van der Waals surface area contributed by atoms with Crippen LogP contribution in [-0.4, -0.2) is 22.7 Å². The van der Waals surface area contributed by atoms with Gasteiger partial charge in [-0.25, -0.2) is 4.98 Å². The van der Waals surface area contributed by atoms with Crippen LogP contribution in [0.4, 0.5) is 5.82 Å². The molecule has 12 heavy (non-hydrogen) atoms. The maximum Gasteiger partial charge on any atom is 0.125 e. The van der Waals surface area contributed by atoms with Crippen molar-refractivity contribution in [1.29, 1.82) is 0 Å². The van der Waals surface area contributed by atoms with Gasteiger partial charge in [-0.05, 0) is 18.6 Å². The van der Waals surface area contributed by atoms with Crippen molar-refractivity contribution in [3.63, 3.8) is 0 Å². The fourth-order valence-electron chi connectivity index (χ4n) is 0.834. The first-order valence-corrected chi connectivity index (χ1v) is 4.16. The molecule has 0 aliphatic carbocycles. The van der Waals surface area contributed by atoms with Gasteiger partial charge in [0.15, 0.2) is 0 Å². The van der Waals surface area contributed by atoms with Crippen LogP contribution in [0.3, 0.4) is 0 Å². The number of nitrogens with zero attached hydrogens (tertiary/aromatic N) is 1. The predicted molar refractivity (Wildman–Crippen MR) is 49.0 cm³/mol. The Kier molecular flexibility index (Phi) is 3.54. The molecule has 1 heterocycles. The summed E-state index contributed by atoms with van der Waals surface area (Å²) in [6.45, 7) is 2.51. The minimum Gasteiger partial charge on any atom is -0.391 e. The lowest BCUT2D eigenvalue weighted by Gasteiger charge is -2.08. The van der Waals surface area contributed by atoms with Gasteiger partial charge in [0.2, 0.25) is 0 Å². The average molecular weight is 166 g/mol. The zero-order valence-corrected chi connectivity index (χ0v) is 7.20. The third-order valence-corrected chi connectivity index (χ3v) is 1.65. The van der Waals surface area contributed by atoms with Gasteiger partial charge in [-0.15, -0.1) is 0 Å². The summed E-state index contributed by atoms with van der Waals surface area (Å²) in [5, 5.41) is 12.3. The van der Waals surface area contributed by atoms with E-state index in [4.69, 9.17) is 0 Å². The fraction of sp³-hybridized carbons (Fsp3) is 0.444. The van der Waals surface area contributed by atoms with E-state index in [1.807, 2.05) is 25.1 Å². The van der Waals surface area contributed by atoms with Crippen LogP contribution in [0.15, 0.2) is 24.4 Å². The first-order valence-electron chi connectivity index (χ1n) is 4.16. The van der Waals surface area contributed by atoms with Gasteiger partial charge in [0.25, 0.3) is 0 Å². The highest BCUT2D eigenvalue weighted by Crippen LogP contribution is 2.00. The van der Waals surface area contributed by atoms with Crippen LogP contribution in [0.25, 0.3) is 0 Å². The highest BCUT2D eigenvalue weighted by Gasteiger charge is 1.99. The van der Waals surface area contributed by atoms with E-state index >= 15 is 0 Å². The molecule has 3 nitrogen and oxygen atoms in total. The molecule has 1 unspecified atom stereocenters. The highest BCUT2D eigenvalue weighted by atomic mass is 16.3. The molecule has 0 spiro atoms. The van der Waals surface area contributed by atoms with Crippen LogP contribution >= 0.6 is 0 Å². The lowest BCUT2D eigenvalue weighted by Crippen LogP contribution is -2.18. The standard InChI is InChI=1S/C9H14N2O/c1-2-8(12)7-11-9-5-3-4-6-10-9/h3-6,8,12H,2,7H2,1H3,(H,10,11). The molecule has 0 aliphatic heterocycles. The van der Waals surface area contributed by atoms with Crippen molar-refractivity contribution >= 4 is 5.82 Å². The fourth-order valence-corrected chi connectivity index (χ4v) is 0.834. The average Bonchev–Trinajstić information content (AvgIpc) is 2.16. The summed E-state index contributed by atoms with van der Waals surface area (Å²) >= 11 is 0. The number of nitrogens with one attached hydrogen (secondary N) is 1. The largest absolute Gasteiger partial charge is 0.391 e. The monoisotopic (exact) mass is 166 g/mol. The Morgan fingerprint density at radius 1 is 1.58 bits per heavy atom. The summed E-state index contributed by atoms with van der Waals surface area (Å²) in [7, 11) is 0. The molecule has 0 saturated heterocycles. The van der Waals surface area contributed by atoms with Gasteiger partial charge in [0.1, 0.15) is 5.82 Å². The van der Waals surface area contributed by atoms with E-state index < -0.39 is 0 Å². The second-order valence-corrected chi connectivity index (χ2v) is 2.66. The zero-order chi connectivity index (χ0) is 8.81. The molecule has 1 aromatic rings. The number of hydrogen-bond acceptors (Lipinski definition) is 3. The summed E-state index contributed by atoms with van der Waals surface area (Å²) in [6, 6.07) is 5.65. The molecule has 0 amide bonds. The zero-order valence-electron chi connectivity index (χ0n) is 7.20. The number of aromatic nitrogens is 1. The molecule has 0 saturated carbocycles. The molecule has 0 bridgehead atoms. The van der Waals surface area contributed by atoms with Crippen molar-refractivity contribution in [2.45, 2.75) is 19.4 Å². The molecule has 1 rings (SSSR count). The third-order valence-electron chi connectivity index (χ3n) is 1.65. The van der Waals surface area contributed by atoms with Crippen molar-refractivity contribution in [3.05, 3.63) is 24.4 Å². The Labute approximate surface area is 72.5 Å². The minimum absolute atomic E-state index is 0.285.